The number of aliphatic hydroxyl groups is 1. The summed E-state index contributed by atoms with van der Waals surface area (Å²) >= 11 is 0. The van der Waals surface area contributed by atoms with Crippen molar-refractivity contribution in [3.8, 4) is 0 Å². The van der Waals surface area contributed by atoms with Crippen LogP contribution in [0.25, 0.3) is 0 Å². The van der Waals surface area contributed by atoms with Crippen LogP contribution >= 0.6 is 7.37 Å². The Kier molecular flexibility index (Phi) is 5.58. The molecule has 2 rings (SSSR count). The van der Waals surface area contributed by atoms with Crippen LogP contribution in [0.15, 0.2) is 48.8 Å². The Balaban J connectivity index is 2.44. The van der Waals surface area contributed by atoms with Gasteiger partial charge in [-0.05, 0) is 44.2 Å². The molecule has 0 aliphatic carbocycles. The van der Waals surface area contributed by atoms with Crippen molar-refractivity contribution in [2.45, 2.75) is 25.8 Å². The van der Waals surface area contributed by atoms with Crippen molar-refractivity contribution in [1.82, 2.24) is 4.98 Å². The van der Waals surface area contributed by atoms with Gasteiger partial charge < -0.3 is 14.5 Å². The summed E-state index contributed by atoms with van der Waals surface area (Å²) in [5, 5.41) is 11.2. The summed E-state index contributed by atoms with van der Waals surface area (Å²) < 4.78 is 19.2. The zero-order valence-corrected chi connectivity index (χ0v) is 14.8. The number of anilines is 1. The van der Waals surface area contributed by atoms with Gasteiger partial charge >= 0.3 is 0 Å². The van der Waals surface area contributed by atoms with Gasteiger partial charge in [0.1, 0.15) is 0 Å². The Morgan fingerprint density at radius 2 is 1.83 bits per heavy atom. The van der Waals surface area contributed by atoms with Crippen molar-refractivity contribution in [2.24, 2.45) is 0 Å². The number of pyridine rings is 1. The fourth-order valence-electron chi connectivity index (χ4n) is 2.26. The largest absolute Gasteiger partial charge is 0.378 e. The number of benzene rings is 1. The first-order valence-electron chi connectivity index (χ1n) is 7.48. The molecule has 5 nitrogen and oxygen atoms in total. The van der Waals surface area contributed by atoms with Gasteiger partial charge in [0, 0.05) is 43.0 Å². The Morgan fingerprint density at radius 1 is 1.17 bits per heavy atom. The molecule has 0 radical (unpaired) electrons. The van der Waals surface area contributed by atoms with E-state index in [1.165, 1.54) is 6.20 Å². The first-order chi connectivity index (χ1) is 10.8. The van der Waals surface area contributed by atoms with Crippen LogP contribution in [0, 0.1) is 0 Å². The molecule has 1 N–H and O–H groups in total. The minimum atomic E-state index is -3.49. The van der Waals surface area contributed by atoms with Gasteiger partial charge in [0.15, 0.2) is 5.85 Å². The maximum Gasteiger partial charge on any atom is 0.264 e. The molecule has 0 fully saturated rings. The van der Waals surface area contributed by atoms with E-state index in [0.29, 0.717) is 10.9 Å². The summed E-state index contributed by atoms with van der Waals surface area (Å²) in [4.78, 5) is 5.94. The first-order valence-corrected chi connectivity index (χ1v) is 9.18. The highest BCUT2D eigenvalue weighted by molar-refractivity contribution is 7.67. The lowest BCUT2D eigenvalue weighted by molar-refractivity contribution is 0.188. The number of hydrogen-bond donors (Lipinski definition) is 1. The normalized spacial score (nSPS) is 15.2. The van der Waals surface area contributed by atoms with Crippen LogP contribution < -0.4 is 10.2 Å². The highest BCUT2D eigenvalue weighted by Crippen LogP contribution is 2.58. The van der Waals surface area contributed by atoms with E-state index in [1.807, 2.05) is 31.1 Å². The van der Waals surface area contributed by atoms with E-state index in [1.54, 1.807) is 44.3 Å². The molecule has 2 atom stereocenters. The van der Waals surface area contributed by atoms with Gasteiger partial charge in [-0.25, -0.2) is 0 Å². The first kappa shape index (κ1) is 17.7. The molecule has 0 saturated heterocycles. The van der Waals surface area contributed by atoms with Crippen LogP contribution in [-0.2, 0) is 9.09 Å². The van der Waals surface area contributed by atoms with E-state index in [2.05, 4.69) is 4.98 Å². The van der Waals surface area contributed by atoms with Crippen LogP contribution in [0.5, 0.6) is 0 Å². The Hall–Kier alpha value is -1.68. The van der Waals surface area contributed by atoms with Gasteiger partial charge in [0.2, 0.25) is 0 Å². The molecule has 1 heterocycles. The van der Waals surface area contributed by atoms with Crippen LogP contribution in [0.3, 0.4) is 0 Å². The third kappa shape index (κ3) is 3.99. The molecule has 124 valence electrons. The third-order valence-corrected chi connectivity index (χ3v) is 6.09. The quantitative estimate of drug-likeness (QED) is 0.822. The van der Waals surface area contributed by atoms with E-state index in [9.17, 15) is 9.67 Å². The van der Waals surface area contributed by atoms with E-state index in [4.69, 9.17) is 4.52 Å². The minimum Gasteiger partial charge on any atom is -0.378 e. The second kappa shape index (κ2) is 7.26. The Bertz CT molecular complexity index is 672. The second-order valence-electron chi connectivity index (χ2n) is 5.82. The van der Waals surface area contributed by atoms with Gasteiger partial charge in [0.05, 0.1) is 6.10 Å². The van der Waals surface area contributed by atoms with Crippen molar-refractivity contribution in [1.29, 1.82) is 0 Å². The number of hydrogen-bond acceptors (Lipinski definition) is 5. The van der Waals surface area contributed by atoms with Gasteiger partial charge in [-0.1, -0.05) is 6.07 Å². The fourth-order valence-corrected chi connectivity index (χ4v) is 4.51. The number of nitrogens with zero attached hydrogens (tertiary/aromatic N) is 2. The van der Waals surface area contributed by atoms with Crippen molar-refractivity contribution >= 4 is 18.4 Å². The maximum absolute atomic E-state index is 13.5. The van der Waals surface area contributed by atoms with Crippen LogP contribution in [0.1, 0.15) is 25.3 Å². The lowest BCUT2D eigenvalue weighted by Gasteiger charge is -2.26. The molecule has 0 unspecified atom stereocenters. The molecule has 1 aromatic heterocycles. The molecule has 0 spiro atoms. The molecule has 2 aromatic rings. The summed E-state index contributed by atoms with van der Waals surface area (Å²) in [6.07, 6.45) is 2.84. The van der Waals surface area contributed by atoms with E-state index in [-0.39, 0.29) is 6.10 Å². The number of rotatable bonds is 6. The summed E-state index contributed by atoms with van der Waals surface area (Å²) in [5.74, 6) is -1.25. The molecule has 0 bridgehead atoms. The smallest absolute Gasteiger partial charge is 0.264 e. The molecule has 1 aromatic carbocycles. The summed E-state index contributed by atoms with van der Waals surface area (Å²) in [7, 11) is 0.375. The van der Waals surface area contributed by atoms with Crippen LogP contribution in [0.2, 0.25) is 0 Å². The minimum absolute atomic E-state index is 0.277. The summed E-state index contributed by atoms with van der Waals surface area (Å²) in [5.41, 5.74) is 1.47. The van der Waals surface area contributed by atoms with Gasteiger partial charge in [-0.3, -0.25) is 9.55 Å². The lowest BCUT2D eigenvalue weighted by Crippen LogP contribution is -2.18. The van der Waals surface area contributed by atoms with Crippen molar-refractivity contribution in [2.75, 3.05) is 19.0 Å². The van der Waals surface area contributed by atoms with E-state index >= 15 is 0 Å². The van der Waals surface area contributed by atoms with Crippen molar-refractivity contribution < 1.29 is 14.2 Å². The molecule has 0 saturated carbocycles. The van der Waals surface area contributed by atoms with Gasteiger partial charge in [-0.2, -0.15) is 0 Å². The monoisotopic (exact) mass is 334 g/mol. The summed E-state index contributed by atoms with van der Waals surface area (Å²) in [6.45, 7) is 3.60. The zero-order chi connectivity index (χ0) is 17.0. The highest BCUT2D eigenvalue weighted by atomic mass is 31.2. The molecule has 0 amide bonds. The molecule has 0 aliphatic heterocycles. The second-order valence-corrected chi connectivity index (χ2v) is 8.23. The maximum atomic E-state index is 13.5. The third-order valence-electron chi connectivity index (χ3n) is 3.40. The SMILES string of the molecule is CC(C)O[P@@](=O)(c1ccc(N(C)C)cc1)[C@H](O)c1cccnc1. The molecule has 0 aliphatic rings. The molecular formula is C17H23N2O3P. The summed E-state index contributed by atoms with van der Waals surface area (Å²) in [6, 6.07) is 10.6. The van der Waals surface area contributed by atoms with Crippen LogP contribution in [0.4, 0.5) is 5.69 Å². The van der Waals surface area contributed by atoms with Crippen LogP contribution in [-0.4, -0.2) is 30.3 Å². The zero-order valence-electron chi connectivity index (χ0n) is 13.9. The molecule has 6 heteroatoms. The van der Waals surface area contributed by atoms with Gasteiger partial charge in [0.25, 0.3) is 7.37 Å². The highest BCUT2D eigenvalue weighted by Gasteiger charge is 2.37. The lowest BCUT2D eigenvalue weighted by atomic mass is 10.3. The Labute approximate surface area is 137 Å². The topological polar surface area (TPSA) is 62.7 Å². The fraction of sp³-hybridized carbons (Fsp3) is 0.353. The average molecular weight is 334 g/mol. The predicted molar refractivity (Wildman–Crippen MR) is 93.4 cm³/mol. The predicted octanol–water partition coefficient (Wildman–Crippen LogP) is 3.17. The van der Waals surface area contributed by atoms with E-state index in [0.717, 1.165) is 5.69 Å². The Morgan fingerprint density at radius 3 is 2.30 bits per heavy atom. The average Bonchev–Trinajstić information content (AvgIpc) is 2.54. The standard InChI is InChI=1S/C17H23N2O3P/c1-13(2)22-23(21,17(20)14-6-5-11-18-12-14)16-9-7-15(8-10-16)19(3)4/h5-13,17,20H,1-4H3/t17-,23-/m0/s1. The molecule has 23 heavy (non-hydrogen) atoms. The molecular weight excluding hydrogens is 311 g/mol. The van der Waals surface area contributed by atoms with E-state index < -0.39 is 13.2 Å². The van der Waals surface area contributed by atoms with Gasteiger partial charge in [-0.15, -0.1) is 0 Å². The number of aliphatic hydroxyl groups excluding tert-OH is 1. The number of aromatic nitrogens is 1. The van der Waals surface area contributed by atoms with Crippen molar-refractivity contribution in [3.05, 3.63) is 54.4 Å². The van der Waals surface area contributed by atoms with Crippen molar-refractivity contribution in [3.63, 3.8) is 0 Å².